The Labute approximate surface area is 370 Å². The Morgan fingerprint density at radius 2 is 0.587 bits per heavy atom. The fourth-order valence-corrected chi connectivity index (χ4v) is 17.8. The lowest BCUT2D eigenvalue weighted by Gasteiger charge is -2.62. The maximum Gasteiger partial charge on any atom is 0.177 e. The Hall–Kier alpha value is -4.92. The minimum atomic E-state index is -0.260. The Bertz CT molecular complexity index is 2440. The molecule has 12 saturated carbocycles. The topological polar surface area (TPSA) is 166 Å². The van der Waals surface area contributed by atoms with E-state index in [4.69, 9.17) is 31.4 Å². The normalized spacial score (nSPS) is 37.4. The van der Waals surface area contributed by atoms with E-state index in [0.717, 1.165) is 74.8 Å². The standard InChI is InChI=1S/C54H63N3O6/c55-40-4-1-37(16-43(40)58)61-49-46(52-19-28-7-29(20-52)9-30(8-28)21-52)47(53-22-31-10-32(23-53)12-33(11-31)24-53)50(62-38-2-5-41(56)44(59)17-38)51(63-39-3-6-42(57)45(60)18-39)48(49)54-25-34-13-35(26-54)15-36(14-34)27-54/h1-6,16-18,28-36,58-60H,7-15,19-27,55-57H2. The van der Waals surface area contributed by atoms with Crippen LogP contribution in [0.15, 0.2) is 54.6 Å². The lowest BCUT2D eigenvalue weighted by atomic mass is 9.43. The number of ether oxygens (including phenoxy) is 3. The summed E-state index contributed by atoms with van der Waals surface area (Å²) in [7, 11) is 0. The van der Waals surface area contributed by atoms with E-state index >= 15 is 0 Å². The Kier molecular flexibility index (Phi) is 8.29. The fraction of sp³-hybridized carbons (Fsp3) is 0.556. The molecule has 0 radical (unpaired) electrons. The summed E-state index contributed by atoms with van der Waals surface area (Å²) in [4.78, 5) is 0. The van der Waals surface area contributed by atoms with E-state index in [2.05, 4.69) is 0 Å². The second-order valence-electron chi connectivity index (χ2n) is 23.2. The zero-order valence-corrected chi connectivity index (χ0v) is 36.4. The minimum Gasteiger partial charge on any atom is -0.506 e. The molecule has 0 aliphatic heterocycles. The second-order valence-corrected chi connectivity index (χ2v) is 23.2. The van der Waals surface area contributed by atoms with Crippen molar-refractivity contribution in [1.82, 2.24) is 0 Å². The van der Waals surface area contributed by atoms with Crippen LogP contribution in [0.2, 0.25) is 0 Å². The molecule has 12 aliphatic rings. The first kappa shape index (κ1) is 38.5. The van der Waals surface area contributed by atoms with Gasteiger partial charge in [0.25, 0.3) is 0 Å². The van der Waals surface area contributed by atoms with Gasteiger partial charge < -0.3 is 46.7 Å². The van der Waals surface area contributed by atoms with Crippen molar-refractivity contribution in [3.8, 4) is 51.7 Å². The number of nitrogen functional groups attached to an aromatic ring is 3. The van der Waals surface area contributed by atoms with Crippen molar-refractivity contribution in [2.24, 2.45) is 53.3 Å². The maximum atomic E-state index is 11.2. The first-order chi connectivity index (χ1) is 30.4. The molecule has 12 aliphatic carbocycles. The molecule has 0 unspecified atom stereocenters. The van der Waals surface area contributed by atoms with Crippen molar-refractivity contribution >= 4 is 17.1 Å². The zero-order valence-electron chi connectivity index (χ0n) is 36.4. The highest BCUT2D eigenvalue weighted by atomic mass is 16.5. The van der Waals surface area contributed by atoms with Crippen LogP contribution in [0.1, 0.15) is 132 Å². The number of benzene rings is 4. The highest BCUT2D eigenvalue weighted by Gasteiger charge is 2.62. The molecule has 4 aromatic rings. The van der Waals surface area contributed by atoms with Crippen LogP contribution < -0.4 is 31.4 Å². The summed E-state index contributed by atoms with van der Waals surface area (Å²) in [6.45, 7) is 0. The highest BCUT2D eigenvalue weighted by molar-refractivity contribution is 5.73. The monoisotopic (exact) mass is 849 g/mol. The molecule has 0 aromatic heterocycles. The van der Waals surface area contributed by atoms with Gasteiger partial charge >= 0.3 is 0 Å². The average molecular weight is 850 g/mol. The van der Waals surface area contributed by atoms with Gasteiger partial charge in [-0.15, -0.1) is 0 Å². The van der Waals surface area contributed by atoms with E-state index < -0.39 is 0 Å². The van der Waals surface area contributed by atoms with E-state index in [-0.39, 0.29) is 39.2 Å². The van der Waals surface area contributed by atoms with Crippen LogP contribution in [0, 0.1) is 53.3 Å². The van der Waals surface area contributed by atoms with Gasteiger partial charge in [0, 0.05) is 51.1 Å². The summed E-state index contributed by atoms with van der Waals surface area (Å²) in [6.07, 6.45) is 21.5. The smallest absolute Gasteiger partial charge is 0.177 e. The van der Waals surface area contributed by atoms with Crippen molar-refractivity contribution in [1.29, 1.82) is 0 Å². The van der Waals surface area contributed by atoms with Gasteiger partial charge in [0.1, 0.15) is 40.2 Å². The molecule has 0 spiro atoms. The van der Waals surface area contributed by atoms with Gasteiger partial charge in [-0.05, 0) is 205 Å². The third-order valence-corrected chi connectivity index (χ3v) is 18.7. The van der Waals surface area contributed by atoms with E-state index in [1.165, 1.54) is 68.9 Å². The summed E-state index contributed by atoms with van der Waals surface area (Å²) in [5.41, 5.74) is 22.8. The molecule has 330 valence electrons. The number of hydrogen-bond acceptors (Lipinski definition) is 9. The molecule has 0 amide bonds. The van der Waals surface area contributed by atoms with Crippen molar-refractivity contribution < 1.29 is 29.5 Å². The maximum absolute atomic E-state index is 11.2. The van der Waals surface area contributed by atoms with E-state index in [1.807, 2.05) is 18.2 Å². The largest absolute Gasteiger partial charge is 0.506 e. The van der Waals surface area contributed by atoms with Crippen molar-refractivity contribution in [2.45, 2.75) is 132 Å². The van der Waals surface area contributed by atoms with E-state index in [1.54, 1.807) is 36.4 Å². The summed E-state index contributed by atoms with van der Waals surface area (Å²) in [5, 5.41) is 33.6. The van der Waals surface area contributed by atoms with Crippen molar-refractivity contribution in [3.63, 3.8) is 0 Å². The highest BCUT2D eigenvalue weighted by Crippen LogP contribution is 2.73. The molecule has 9 heteroatoms. The molecule has 9 nitrogen and oxygen atoms in total. The van der Waals surface area contributed by atoms with Crippen LogP contribution in [-0.4, -0.2) is 15.3 Å². The number of rotatable bonds is 9. The number of phenolic OH excluding ortho intramolecular Hbond substituents is 3. The molecule has 16 rings (SSSR count). The molecule has 9 N–H and O–H groups in total. The quantitative estimate of drug-likeness (QED) is 0.0710. The summed E-state index contributed by atoms with van der Waals surface area (Å²) < 4.78 is 22.9. The lowest BCUT2D eigenvalue weighted by molar-refractivity contribution is -0.0205. The molecule has 0 atom stereocenters. The number of hydrogen-bond donors (Lipinski definition) is 6. The van der Waals surface area contributed by atoms with Crippen LogP contribution in [0.5, 0.6) is 51.7 Å². The summed E-state index contributed by atoms with van der Waals surface area (Å²) >= 11 is 0. The van der Waals surface area contributed by atoms with E-state index in [0.29, 0.717) is 87.6 Å². The molecular weight excluding hydrogens is 787 g/mol. The molecule has 12 bridgehead atoms. The lowest BCUT2D eigenvalue weighted by Crippen LogP contribution is -2.53. The Balaban J connectivity index is 1.18. The molecule has 63 heavy (non-hydrogen) atoms. The van der Waals surface area contributed by atoms with Gasteiger partial charge in [-0.2, -0.15) is 0 Å². The fourth-order valence-electron chi connectivity index (χ4n) is 17.8. The Morgan fingerprint density at radius 1 is 0.349 bits per heavy atom. The number of nitrogens with two attached hydrogens (primary N) is 3. The van der Waals surface area contributed by atoms with Crippen molar-refractivity contribution in [2.75, 3.05) is 17.2 Å². The second kappa shape index (κ2) is 13.6. The predicted molar refractivity (Wildman–Crippen MR) is 244 cm³/mol. The van der Waals surface area contributed by atoms with Gasteiger partial charge in [0.15, 0.2) is 11.5 Å². The van der Waals surface area contributed by atoms with Gasteiger partial charge in [-0.1, -0.05) is 0 Å². The zero-order chi connectivity index (χ0) is 42.6. The van der Waals surface area contributed by atoms with Crippen LogP contribution >= 0.6 is 0 Å². The first-order valence-corrected chi connectivity index (χ1v) is 24.4. The SMILES string of the molecule is Nc1ccc(Oc2c(Oc3ccc(N)c(O)c3)c(C34CC5CC(CC(C5)C3)C4)c(C34CC5CC(CC(C5)C3)C4)c(Oc3ccc(N)c(O)c3)c2C23CC4CC(CC(C4)C2)C3)cc1O. The molecule has 0 heterocycles. The Morgan fingerprint density at radius 3 is 0.873 bits per heavy atom. The molecule has 12 fully saturated rings. The van der Waals surface area contributed by atoms with Crippen LogP contribution in [0.3, 0.4) is 0 Å². The van der Waals surface area contributed by atoms with Crippen LogP contribution in [0.25, 0.3) is 0 Å². The number of aromatic hydroxyl groups is 3. The summed E-state index contributed by atoms with van der Waals surface area (Å²) in [5.74, 6) is 9.66. The number of phenols is 3. The molecular formula is C54H63N3O6. The van der Waals surface area contributed by atoms with Gasteiger partial charge in [-0.3, -0.25) is 0 Å². The molecule has 0 saturated heterocycles. The van der Waals surface area contributed by atoms with Gasteiger partial charge in [0.2, 0.25) is 0 Å². The van der Waals surface area contributed by atoms with Gasteiger partial charge in [-0.25, -0.2) is 0 Å². The third kappa shape index (κ3) is 6.06. The van der Waals surface area contributed by atoms with Crippen molar-refractivity contribution in [3.05, 3.63) is 71.3 Å². The summed E-state index contributed by atoms with van der Waals surface area (Å²) in [6, 6.07) is 15.9. The minimum absolute atomic E-state index is 0.0125. The van der Waals surface area contributed by atoms with E-state index in [9.17, 15) is 15.3 Å². The number of anilines is 3. The predicted octanol–water partition coefficient (Wildman–Crippen LogP) is 12.3. The third-order valence-electron chi connectivity index (χ3n) is 18.7. The molecule has 4 aromatic carbocycles. The van der Waals surface area contributed by atoms with Crippen LogP contribution in [-0.2, 0) is 16.2 Å². The average Bonchev–Trinajstić information content (AvgIpc) is 3.21. The first-order valence-electron chi connectivity index (χ1n) is 24.4. The van der Waals surface area contributed by atoms with Gasteiger partial charge in [0.05, 0.1) is 17.1 Å². The van der Waals surface area contributed by atoms with Crippen LogP contribution in [0.4, 0.5) is 17.1 Å².